The number of nitrogens with zero attached hydrogens (tertiary/aromatic N) is 2. The summed E-state index contributed by atoms with van der Waals surface area (Å²) in [6.45, 7) is 3.45. The average Bonchev–Trinajstić information content (AvgIpc) is 3.10. The monoisotopic (exact) mass is 442 g/mol. The zero-order valence-electron chi connectivity index (χ0n) is 19.0. The van der Waals surface area contributed by atoms with Crippen LogP contribution in [0.4, 0.5) is 5.69 Å². The molecular weight excluding hydrogens is 412 g/mol. The van der Waals surface area contributed by atoms with Gasteiger partial charge in [0, 0.05) is 18.7 Å². The standard InChI is InChI=1S/C28H30N2O3/c1-19-7-5-12-24-25(19)28(33)30(27(24)32)23-11-6-10-22(18-23)26(31)29-15-13-21(14-16-29)17-20-8-3-2-4-9-20/h2-11,18-19,21,24-25H,12-17H2,1H3/t19-,24-,25+/m1/s1. The Morgan fingerprint density at radius 1 is 0.970 bits per heavy atom. The molecule has 5 rings (SSSR count). The maximum Gasteiger partial charge on any atom is 0.253 e. The number of carbonyl (C=O) groups is 3. The van der Waals surface area contributed by atoms with Crippen molar-refractivity contribution in [1.29, 1.82) is 0 Å². The van der Waals surface area contributed by atoms with Crippen molar-refractivity contribution in [3.63, 3.8) is 0 Å². The lowest BCUT2D eigenvalue weighted by Gasteiger charge is -2.32. The van der Waals surface area contributed by atoms with Gasteiger partial charge in [0.2, 0.25) is 11.8 Å². The maximum absolute atomic E-state index is 13.2. The molecule has 5 nitrogen and oxygen atoms in total. The van der Waals surface area contributed by atoms with Crippen molar-refractivity contribution in [1.82, 2.24) is 4.90 Å². The van der Waals surface area contributed by atoms with Crippen LogP contribution in [0.1, 0.15) is 42.1 Å². The predicted molar refractivity (Wildman–Crippen MR) is 128 cm³/mol. The van der Waals surface area contributed by atoms with Crippen LogP contribution in [0.5, 0.6) is 0 Å². The zero-order valence-corrected chi connectivity index (χ0v) is 19.0. The van der Waals surface area contributed by atoms with E-state index in [0.29, 0.717) is 23.6 Å². The smallest absolute Gasteiger partial charge is 0.253 e. The molecule has 0 unspecified atom stereocenters. The summed E-state index contributed by atoms with van der Waals surface area (Å²) in [6.07, 6.45) is 7.65. The van der Waals surface area contributed by atoms with Gasteiger partial charge in [-0.15, -0.1) is 0 Å². The number of fused-ring (bicyclic) bond motifs is 1. The molecule has 2 fully saturated rings. The highest BCUT2D eigenvalue weighted by atomic mass is 16.2. The van der Waals surface area contributed by atoms with E-state index in [0.717, 1.165) is 32.4 Å². The topological polar surface area (TPSA) is 57.7 Å². The van der Waals surface area contributed by atoms with E-state index in [2.05, 4.69) is 24.3 Å². The van der Waals surface area contributed by atoms with Crippen molar-refractivity contribution in [3.05, 3.63) is 77.9 Å². The van der Waals surface area contributed by atoms with Gasteiger partial charge in [0.05, 0.1) is 17.5 Å². The third-order valence-electron chi connectivity index (χ3n) is 7.49. The molecule has 2 aromatic carbocycles. The highest BCUT2D eigenvalue weighted by molar-refractivity contribution is 6.22. The maximum atomic E-state index is 13.2. The summed E-state index contributed by atoms with van der Waals surface area (Å²) in [5.74, 6) is -0.276. The highest BCUT2D eigenvalue weighted by Gasteiger charge is 2.50. The quantitative estimate of drug-likeness (QED) is 0.518. The Hall–Kier alpha value is -3.21. The lowest BCUT2D eigenvalue weighted by molar-refractivity contribution is -0.122. The van der Waals surface area contributed by atoms with Gasteiger partial charge in [-0.05, 0) is 61.3 Å². The van der Waals surface area contributed by atoms with Crippen LogP contribution >= 0.6 is 0 Å². The number of imide groups is 1. The largest absolute Gasteiger partial charge is 0.339 e. The van der Waals surface area contributed by atoms with Crippen molar-refractivity contribution in [2.75, 3.05) is 18.0 Å². The number of benzene rings is 2. The minimum atomic E-state index is -0.300. The molecular formula is C28H30N2O3. The SMILES string of the molecule is C[C@@H]1C=CC[C@H]2C(=O)N(c3cccc(C(=O)N4CCC(Cc5ccccc5)CC4)c3)C(=O)[C@@H]12. The molecule has 1 aliphatic carbocycles. The number of piperidine rings is 1. The van der Waals surface area contributed by atoms with Gasteiger partial charge < -0.3 is 4.90 Å². The van der Waals surface area contributed by atoms with Crippen LogP contribution in [0.25, 0.3) is 0 Å². The van der Waals surface area contributed by atoms with E-state index in [-0.39, 0.29) is 35.5 Å². The average molecular weight is 443 g/mol. The van der Waals surface area contributed by atoms with Gasteiger partial charge in [-0.3, -0.25) is 19.3 Å². The van der Waals surface area contributed by atoms with Gasteiger partial charge in [-0.25, -0.2) is 0 Å². The van der Waals surface area contributed by atoms with E-state index in [4.69, 9.17) is 0 Å². The van der Waals surface area contributed by atoms with E-state index in [9.17, 15) is 14.4 Å². The fourth-order valence-electron chi connectivity index (χ4n) is 5.65. The molecule has 3 aliphatic rings. The molecule has 2 saturated heterocycles. The molecule has 33 heavy (non-hydrogen) atoms. The van der Waals surface area contributed by atoms with Gasteiger partial charge in [-0.1, -0.05) is 55.5 Å². The van der Waals surface area contributed by atoms with Crippen molar-refractivity contribution < 1.29 is 14.4 Å². The molecule has 170 valence electrons. The van der Waals surface area contributed by atoms with Crippen molar-refractivity contribution in [2.45, 2.75) is 32.6 Å². The summed E-state index contributed by atoms with van der Waals surface area (Å²) in [5, 5.41) is 0. The van der Waals surface area contributed by atoms with Crippen molar-refractivity contribution in [3.8, 4) is 0 Å². The third-order valence-corrected chi connectivity index (χ3v) is 7.49. The second-order valence-electron chi connectivity index (χ2n) is 9.64. The number of amides is 3. The first-order valence-electron chi connectivity index (χ1n) is 12.0. The zero-order chi connectivity index (χ0) is 22.9. The molecule has 0 N–H and O–H groups in total. The Bertz CT molecular complexity index is 1090. The predicted octanol–water partition coefficient (Wildman–Crippen LogP) is 4.48. The number of rotatable bonds is 4. The van der Waals surface area contributed by atoms with Gasteiger partial charge in [0.15, 0.2) is 0 Å². The Morgan fingerprint density at radius 3 is 2.45 bits per heavy atom. The van der Waals surface area contributed by atoms with E-state index in [1.165, 1.54) is 10.5 Å². The van der Waals surface area contributed by atoms with Gasteiger partial charge >= 0.3 is 0 Å². The lowest BCUT2D eigenvalue weighted by atomic mass is 9.78. The Kier molecular flexibility index (Phi) is 5.88. The number of carbonyl (C=O) groups excluding carboxylic acids is 3. The number of hydrogen-bond donors (Lipinski definition) is 0. The molecule has 0 spiro atoms. The van der Waals surface area contributed by atoms with Crippen LogP contribution in [0.3, 0.4) is 0 Å². The summed E-state index contributed by atoms with van der Waals surface area (Å²) in [4.78, 5) is 42.6. The first-order valence-corrected chi connectivity index (χ1v) is 12.0. The van der Waals surface area contributed by atoms with Crippen LogP contribution in [-0.2, 0) is 16.0 Å². The summed E-state index contributed by atoms with van der Waals surface area (Å²) in [5.41, 5.74) is 2.40. The normalized spacial score (nSPS) is 25.4. The van der Waals surface area contributed by atoms with Crippen molar-refractivity contribution in [2.24, 2.45) is 23.7 Å². The van der Waals surface area contributed by atoms with Gasteiger partial charge in [-0.2, -0.15) is 0 Å². The Labute approximate surface area is 195 Å². The minimum absolute atomic E-state index is 0.0263. The fraction of sp³-hybridized carbons (Fsp3) is 0.393. The summed E-state index contributed by atoms with van der Waals surface area (Å²) in [6, 6.07) is 17.5. The van der Waals surface area contributed by atoms with E-state index in [1.807, 2.05) is 30.0 Å². The molecule has 0 radical (unpaired) electrons. The number of hydrogen-bond acceptors (Lipinski definition) is 3. The van der Waals surface area contributed by atoms with Crippen molar-refractivity contribution >= 4 is 23.4 Å². The molecule has 0 saturated carbocycles. The van der Waals surface area contributed by atoms with Crippen LogP contribution in [-0.4, -0.2) is 35.7 Å². The Balaban J connectivity index is 1.26. The molecule has 2 aromatic rings. The number of allylic oxidation sites excluding steroid dienone is 2. The molecule has 2 aliphatic heterocycles. The van der Waals surface area contributed by atoms with E-state index >= 15 is 0 Å². The van der Waals surface area contributed by atoms with Gasteiger partial charge in [0.25, 0.3) is 5.91 Å². The van der Waals surface area contributed by atoms with Gasteiger partial charge in [0.1, 0.15) is 0 Å². The fourth-order valence-corrected chi connectivity index (χ4v) is 5.65. The molecule has 0 bridgehead atoms. The second-order valence-corrected chi connectivity index (χ2v) is 9.64. The molecule has 3 amide bonds. The van der Waals surface area contributed by atoms with E-state index < -0.39 is 0 Å². The number of anilines is 1. The van der Waals surface area contributed by atoms with Crippen LogP contribution in [0.15, 0.2) is 66.7 Å². The van der Waals surface area contributed by atoms with Crippen LogP contribution in [0.2, 0.25) is 0 Å². The van der Waals surface area contributed by atoms with Crippen LogP contribution in [0, 0.1) is 23.7 Å². The van der Waals surface area contributed by atoms with Crippen LogP contribution < -0.4 is 4.90 Å². The summed E-state index contributed by atoms with van der Waals surface area (Å²) < 4.78 is 0. The van der Waals surface area contributed by atoms with E-state index in [1.54, 1.807) is 24.3 Å². The second kappa shape index (κ2) is 8.97. The summed E-state index contributed by atoms with van der Waals surface area (Å²) in [7, 11) is 0. The molecule has 2 heterocycles. The minimum Gasteiger partial charge on any atom is -0.339 e. The third kappa shape index (κ3) is 4.12. The first-order chi connectivity index (χ1) is 16.0. The first kappa shape index (κ1) is 21.6. The number of likely N-dealkylation sites (tertiary alicyclic amines) is 1. The molecule has 0 aromatic heterocycles. The highest BCUT2D eigenvalue weighted by Crippen LogP contribution is 2.40. The lowest BCUT2D eigenvalue weighted by Crippen LogP contribution is -2.39. The molecule has 3 atom stereocenters. The Morgan fingerprint density at radius 2 is 1.73 bits per heavy atom. The molecule has 5 heteroatoms. The summed E-state index contributed by atoms with van der Waals surface area (Å²) >= 11 is 0.